The van der Waals surface area contributed by atoms with Crippen LogP contribution in [0, 0.1) is 5.92 Å². The first kappa shape index (κ1) is 12.8. The third-order valence-electron chi connectivity index (χ3n) is 4.10. The van der Waals surface area contributed by atoms with Crippen molar-refractivity contribution in [3.8, 4) is 0 Å². The van der Waals surface area contributed by atoms with E-state index in [0.717, 1.165) is 19.0 Å². The number of rotatable bonds is 5. The standard InChI is InChI=1S/C13H25N3O/c1-10(14-2)11-5-7-16(8-6-11)9-13(17)15-12-3-4-12/h10-12,14H,3-9H2,1-2H3,(H,15,17). The molecule has 2 fully saturated rings. The van der Waals surface area contributed by atoms with Crippen molar-refractivity contribution >= 4 is 5.91 Å². The first-order valence-corrected chi connectivity index (χ1v) is 6.88. The van der Waals surface area contributed by atoms with E-state index in [1.165, 1.54) is 25.7 Å². The fourth-order valence-electron chi connectivity index (χ4n) is 2.55. The molecule has 1 unspecified atom stereocenters. The van der Waals surface area contributed by atoms with E-state index in [9.17, 15) is 4.79 Å². The summed E-state index contributed by atoms with van der Waals surface area (Å²) in [6.45, 7) is 4.97. The molecule has 0 aromatic heterocycles. The molecule has 1 heterocycles. The van der Waals surface area contributed by atoms with Gasteiger partial charge in [-0.1, -0.05) is 0 Å². The molecule has 1 amide bonds. The third kappa shape index (κ3) is 3.96. The van der Waals surface area contributed by atoms with Crippen LogP contribution < -0.4 is 10.6 Å². The zero-order valence-electron chi connectivity index (χ0n) is 11.0. The fraction of sp³-hybridized carbons (Fsp3) is 0.923. The van der Waals surface area contributed by atoms with Gasteiger partial charge in [-0.2, -0.15) is 0 Å². The number of amides is 1. The van der Waals surface area contributed by atoms with Gasteiger partial charge in [-0.15, -0.1) is 0 Å². The molecule has 0 bridgehead atoms. The van der Waals surface area contributed by atoms with Crippen molar-refractivity contribution in [3.05, 3.63) is 0 Å². The van der Waals surface area contributed by atoms with Crippen LogP contribution >= 0.6 is 0 Å². The molecule has 0 aromatic carbocycles. The van der Waals surface area contributed by atoms with Crippen LogP contribution in [-0.4, -0.2) is 49.6 Å². The number of piperidine rings is 1. The maximum Gasteiger partial charge on any atom is 0.234 e. The monoisotopic (exact) mass is 239 g/mol. The molecule has 1 aliphatic carbocycles. The normalized spacial score (nSPS) is 24.6. The van der Waals surface area contributed by atoms with Crippen LogP contribution in [0.5, 0.6) is 0 Å². The van der Waals surface area contributed by atoms with Gasteiger partial charge in [0.05, 0.1) is 6.54 Å². The highest BCUT2D eigenvalue weighted by Gasteiger charge is 2.26. The topological polar surface area (TPSA) is 44.4 Å². The Labute approximate surface area is 104 Å². The summed E-state index contributed by atoms with van der Waals surface area (Å²) in [6, 6.07) is 1.08. The van der Waals surface area contributed by atoms with E-state index in [0.29, 0.717) is 18.6 Å². The van der Waals surface area contributed by atoms with Crippen LogP contribution in [-0.2, 0) is 4.79 Å². The van der Waals surface area contributed by atoms with Crippen LogP contribution in [0.2, 0.25) is 0 Å². The van der Waals surface area contributed by atoms with Crippen molar-refractivity contribution < 1.29 is 4.79 Å². The number of carbonyl (C=O) groups excluding carboxylic acids is 1. The van der Waals surface area contributed by atoms with Gasteiger partial charge in [-0.25, -0.2) is 0 Å². The molecule has 98 valence electrons. The van der Waals surface area contributed by atoms with Crippen LogP contribution in [0.1, 0.15) is 32.6 Å². The van der Waals surface area contributed by atoms with Gasteiger partial charge < -0.3 is 10.6 Å². The molecule has 1 saturated carbocycles. The highest BCUT2D eigenvalue weighted by molar-refractivity contribution is 5.78. The van der Waals surface area contributed by atoms with E-state index in [4.69, 9.17) is 0 Å². The quantitative estimate of drug-likeness (QED) is 0.738. The molecular formula is C13H25N3O. The molecule has 1 atom stereocenters. The number of nitrogens with one attached hydrogen (secondary N) is 2. The van der Waals surface area contributed by atoms with Gasteiger partial charge in [0.15, 0.2) is 0 Å². The van der Waals surface area contributed by atoms with Gasteiger partial charge in [-0.05, 0) is 58.7 Å². The average Bonchev–Trinajstić information content (AvgIpc) is 3.12. The van der Waals surface area contributed by atoms with Gasteiger partial charge in [-0.3, -0.25) is 9.69 Å². The minimum absolute atomic E-state index is 0.215. The lowest BCUT2D eigenvalue weighted by Crippen LogP contribution is -2.45. The SMILES string of the molecule is CNC(C)C1CCN(CC(=O)NC2CC2)CC1. The highest BCUT2D eigenvalue weighted by Crippen LogP contribution is 2.21. The van der Waals surface area contributed by atoms with E-state index in [2.05, 4.69) is 22.5 Å². The van der Waals surface area contributed by atoms with Crippen LogP contribution in [0.15, 0.2) is 0 Å². The largest absolute Gasteiger partial charge is 0.352 e. The summed E-state index contributed by atoms with van der Waals surface area (Å²) in [5.74, 6) is 0.982. The molecule has 17 heavy (non-hydrogen) atoms. The Kier molecular flexibility index (Phi) is 4.40. The lowest BCUT2D eigenvalue weighted by Gasteiger charge is -2.34. The maximum absolute atomic E-state index is 11.7. The highest BCUT2D eigenvalue weighted by atomic mass is 16.2. The number of hydrogen-bond acceptors (Lipinski definition) is 3. The van der Waals surface area contributed by atoms with Gasteiger partial charge in [0.2, 0.25) is 5.91 Å². The van der Waals surface area contributed by atoms with Gasteiger partial charge in [0.1, 0.15) is 0 Å². The summed E-state index contributed by atoms with van der Waals surface area (Å²) in [7, 11) is 2.03. The number of nitrogens with zero attached hydrogens (tertiary/aromatic N) is 1. The van der Waals surface area contributed by atoms with E-state index >= 15 is 0 Å². The Morgan fingerprint density at radius 1 is 1.29 bits per heavy atom. The van der Waals surface area contributed by atoms with E-state index in [-0.39, 0.29) is 5.91 Å². The van der Waals surface area contributed by atoms with E-state index in [1.807, 2.05) is 7.05 Å². The molecule has 2 aliphatic rings. The fourth-order valence-corrected chi connectivity index (χ4v) is 2.55. The van der Waals surface area contributed by atoms with Crippen LogP contribution in [0.4, 0.5) is 0 Å². The Hall–Kier alpha value is -0.610. The summed E-state index contributed by atoms with van der Waals surface area (Å²) in [5.41, 5.74) is 0. The Bertz CT molecular complexity index is 257. The minimum Gasteiger partial charge on any atom is -0.352 e. The predicted molar refractivity (Wildman–Crippen MR) is 68.9 cm³/mol. The Balaban J connectivity index is 1.65. The summed E-state index contributed by atoms with van der Waals surface area (Å²) < 4.78 is 0. The maximum atomic E-state index is 11.7. The summed E-state index contributed by atoms with van der Waals surface area (Å²) >= 11 is 0. The van der Waals surface area contributed by atoms with Crippen molar-refractivity contribution in [2.24, 2.45) is 5.92 Å². The van der Waals surface area contributed by atoms with Crippen molar-refractivity contribution in [2.75, 3.05) is 26.7 Å². The Morgan fingerprint density at radius 2 is 1.94 bits per heavy atom. The molecule has 2 N–H and O–H groups in total. The second kappa shape index (κ2) is 5.83. The molecule has 0 aromatic rings. The van der Waals surface area contributed by atoms with E-state index in [1.54, 1.807) is 0 Å². The average molecular weight is 239 g/mol. The minimum atomic E-state index is 0.215. The second-order valence-corrected chi connectivity index (χ2v) is 5.53. The van der Waals surface area contributed by atoms with Gasteiger partial charge in [0.25, 0.3) is 0 Å². The molecule has 0 radical (unpaired) electrons. The first-order chi connectivity index (χ1) is 8.19. The smallest absolute Gasteiger partial charge is 0.234 e. The third-order valence-corrected chi connectivity index (χ3v) is 4.10. The molecule has 1 aliphatic heterocycles. The van der Waals surface area contributed by atoms with Crippen molar-refractivity contribution in [3.63, 3.8) is 0 Å². The molecule has 0 spiro atoms. The first-order valence-electron chi connectivity index (χ1n) is 6.88. The Morgan fingerprint density at radius 3 is 2.47 bits per heavy atom. The zero-order valence-corrected chi connectivity index (χ0v) is 11.0. The lowest BCUT2D eigenvalue weighted by atomic mass is 9.90. The molecule has 4 nitrogen and oxygen atoms in total. The second-order valence-electron chi connectivity index (χ2n) is 5.53. The van der Waals surface area contributed by atoms with Crippen molar-refractivity contribution in [1.82, 2.24) is 15.5 Å². The molecule has 4 heteroatoms. The summed E-state index contributed by atoms with van der Waals surface area (Å²) in [4.78, 5) is 14.0. The predicted octanol–water partition coefficient (Wildman–Crippen LogP) is 0.585. The summed E-state index contributed by atoms with van der Waals surface area (Å²) in [5, 5.41) is 6.38. The number of likely N-dealkylation sites (tertiary alicyclic amines) is 1. The van der Waals surface area contributed by atoms with Crippen molar-refractivity contribution in [2.45, 2.75) is 44.7 Å². The lowest BCUT2D eigenvalue weighted by molar-refractivity contribution is -0.122. The number of carbonyl (C=O) groups is 1. The van der Waals surface area contributed by atoms with E-state index < -0.39 is 0 Å². The van der Waals surface area contributed by atoms with Crippen LogP contribution in [0.25, 0.3) is 0 Å². The number of hydrogen-bond donors (Lipinski definition) is 2. The molecule has 1 saturated heterocycles. The van der Waals surface area contributed by atoms with Crippen molar-refractivity contribution in [1.29, 1.82) is 0 Å². The van der Waals surface area contributed by atoms with Gasteiger partial charge >= 0.3 is 0 Å². The summed E-state index contributed by atoms with van der Waals surface area (Å²) in [6.07, 6.45) is 4.76. The van der Waals surface area contributed by atoms with Gasteiger partial charge in [0, 0.05) is 12.1 Å². The van der Waals surface area contributed by atoms with Crippen LogP contribution in [0.3, 0.4) is 0 Å². The zero-order chi connectivity index (χ0) is 12.3. The molecule has 2 rings (SSSR count). The molecular weight excluding hydrogens is 214 g/mol.